The van der Waals surface area contributed by atoms with Crippen molar-refractivity contribution in [1.29, 1.82) is 5.26 Å². The van der Waals surface area contributed by atoms with Crippen molar-refractivity contribution >= 4 is 17.3 Å². The molecule has 0 saturated heterocycles. The van der Waals surface area contributed by atoms with E-state index in [1.54, 1.807) is 28.6 Å². The average molecular weight is 340 g/mol. The molecule has 0 fully saturated rings. The first-order valence-corrected chi connectivity index (χ1v) is 8.19. The number of hydrogen-bond donors (Lipinski definition) is 1. The Morgan fingerprint density at radius 2 is 1.73 bits per heavy atom. The minimum Gasteiger partial charge on any atom is -0.257 e. The number of aromatic nitrogens is 1. The quantitative estimate of drug-likeness (QED) is 0.792. The highest BCUT2D eigenvalue weighted by Crippen LogP contribution is 2.27. The van der Waals surface area contributed by atoms with Crippen LogP contribution in [-0.4, -0.2) is 10.8 Å². The number of benzene rings is 2. The van der Waals surface area contributed by atoms with Crippen LogP contribution in [0.15, 0.2) is 78.0 Å². The molecule has 1 aromatic heterocycles. The van der Waals surface area contributed by atoms with Crippen molar-refractivity contribution in [2.75, 3.05) is 10.2 Å². The van der Waals surface area contributed by atoms with Crippen molar-refractivity contribution in [3.8, 4) is 6.07 Å². The number of para-hydroxylation sites is 1. The molecule has 1 N–H and O–H groups in total. The van der Waals surface area contributed by atoms with Gasteiger partial charge in [0.05, 0.1) is 17.3 Å². The first-order valence-electron chi connectivity index (χ1n) is 8.19. The van der Waals surface area contributed by atoms with Crippen molar-refractivity contribution < 1.29 is 0 Å². The van der Waals surface area contributed by atoms with Gasteiger partial charge in [0.2, 0.25) is 0 Å². The second-order valence-corrected chi connectivity index (χ2v) is 5.83. The van der Waals surface area contributed by atoms with Crippen LogP contribution in [0, 0.1) is 18.3 Å². The topological polar surface area (TPSA) is 67.6 Å². The van der Waals surface area contributed by atoms with Gasteiger partial charge in [0.1, 0.15) is 0 Å². The number of aryl methyl sites for hydroxylation is 1. The number of pyridine rings is 1. The van der Waals surface area contributed by atoms with E-state index in [1.807, 2.05) is 61.5 Å². The van der Waals surface area contributed by atoms with Crippen molar-refractivity contribution in [2.45, 2.75) is 6.92 Å². The summed E-state index contributed by atoms with van der Waals surface area (Å²) in [7, 11) is 0. The van der Waals surface area contributed by atoms with Gasteiger partial charge in [-0.25, -0.2) is 4.98 Å². The Balaban J connectivity index is 1.76. The van der Waals surface area contributed by atoms with E-state index in [9.17, 15) is 0 Å². The van der Waals surface area contributed by atoms with Gasteiger partial charge in [-0.3, -0.25) is 5.43 Å². The number of rotatable bonds is 3. The van der Waals surface area contributed by atoms with Crippen molar-refractivity contribution in [1.82, 2.24) is 10.4 Å². The van der Waals surface area contributed by atoms with Gasteiger partial charge in [-0.2, -0.15) is 10.4 Å². The highest BCUT2D eigenvalue weighted by Gasteiger charge is 2.27. The van der Waals surface area contributed by atoms with E-state index in [-0.39, 0.29) is 0 Å². The van der Waals surface area contributed by atoms with Crippen LogP contribution in [0.3, 0.4) is 0 Å². The molecule has 126 valence electrons. The lowest BCUT2D eigenvalue weighted by Gasteiger charge is -2.27. The zero-order valence-corrected chi connectivity index (χ0v) is 14.2. The Morgan fingerprint density at radius 1 is 0.962 bits per heavy atom. The summed E-state index contributed by atoms with van der Waals surface area (Å²) >= 11 is 0. The molecular formula is C20H16N6. The molecule has 2 heterocycles. The van der Waals surface area contributed by atoms with Crippen LogP contribution in [-0.2, 0) is 0 Å². The number of nitrogens with one attached hydrogen (secondary N) is 1. The summed E-state index contributed by atoms with van der Waals surface area (Å²) in [6, 6.07) is 23.2. The third kappa shape index (κ3) is 2.82. The van der Waals surface area contributed by atoms with Gasteiger partial charge in [0, 0.05) is 11.8 Å². The minimum absolute atomic E-state index is 0.615. The van der Waals surface area contributed by atoms with Crippen LogP contribution in [0.1, 0.15) is 16.7 Å². The SMILES string of the molecule is Cc1ccccc1N1N=C(c2ccc(C#N)cc2)NN1c1ccccn1. The lowest BCUT2D eigenvalue weighted by molar-refractivity contribution is 0.753. The Kier molecular flexibility index (Phi) is 3.96. The van der Waals surface area contributed by atoms with E-state index < -0.39 is 0 Å². The molecule has 1 aliphatic heterocycles. The highest BCUT2D eigenvalue weighted by molar-refractivity contribution is 6.02. The molecule has 1 aliphatic rings. The summed E-state index contributed by atoms with van der Waals surface area (Å²) in [5.74, 6) is 1.41. The molecule has 0 spiro atoms. The second-order valence-electron chi connectivity index (χ2n) is 5.83. The fourth-order valence-corrected chi connectivity index (χ4v) is 2.72. The summed E-state index contributed by atoms with van der Waals surface area (Å²) < 4.78 is 0. The van der Waals surface area contributed by atoms with E-state index in [4.69, 9.17) is 10.4 Å². The normalized spacial score (nSPS) is 13.2. The smallest absolute Gasteiger partial charge is 0.176 e. The molecule has 6 heteroatoms. The fraction of sp³-hybridized carbons (Fsp3) is 0.0500. The number of hydrogen-bond acceptors (Lipinski definition) is 6. The predicted molar refractivity (Wildman–Crippen MR) is 101 cm³/mol. The molecule has 26 heavy (non-hydrogen) atoms. The van der Waals surface area contributed by atoms with Crippen molar-refractivity contribution in [3.63, 3.8) is 0 Å². The van der Waals surface area contributed by atoms with Gasteiger partial charge < -0.3 is 0 Å². The zero-order valence-electron chi connectivity index (χ0n) is 14.2. The molecule has 0 saturated carbocycles. The van der Waals surface area contributed by atoms with E-state index in [1.165, 1.54) is 0 Å². The minimum atomic E-state index is 0.615. The summed E-state index contributed by atoms with van der Waals surface area (Å²) in [4.78, 5) is 4.43. The predicted octanol–water partition coefficient (Wildman–Crippen LogP) is 3.37. The maximum Gasteiger partial charge on any atom is 0.176 e. The lowest BCUT2D eigenvalue weighted by atomic mass is 10.1. The average Bonchev–Trinajstić information content (AvgIpc) is 3.14. The summed E-state index contributed by atoms with van der Waals surface area (Å²) in [6.45, 7) is 2.04. The Hall–Kier alpha value is -3.85. The number of hydrazine groups is 2. The summed E-state index contributed by atoms with van der Waals surface area (Å²) in [6.07, 6.45) is 1.74. The molecule has 2 aromatic carbocycles. The highest BCUT2D eigenvalue weighted by atomic mass is 15.9. The van der Waals surface area contributed by atoms with Gasteiger partial charge >= 0.3 is 0 Å². The maximum atomic E-state index is 8.99. The van der Waals surface area contributed by atoms with Gasteiger partial charge in [-0.1, -0.05) is 24.3 Å². The standard InChI is InChI=1S/C20H16N6/c1-15-6-2-3-7-18(15)25-23-20(17-11-9-16(14-21)10-12-17)24-26(25)19-8-4-5-13-22-19/h2-13H,1H3,(H,23,24). The number of hydrazone groups is 1. The fourth-order valence-electron chi connectivity index (χ4n) is 2.72. The molecule has 6 nitrogen and oxygen atoms in total. The molecule has 0 atom stereocenters. The third-order valence-corrected chi connectivity index (χ3v) is 4.08. The number of anilines is 2. The third-order valence-electron chi connectivity index (χ3n) is 4.08. The summed E-state index contributed by atoms with van der Waals surface area (Å²) in [5, 5.41) is 17.3. The van der Waals surface area contributed by atoms with Gasteiger partial charge in [-0.15, -0.1) is 10.2 Å². The monoisotopic (exact) mass is 340 g/mol. The lowest BCUT2D eigenvalue weighted by Crippen LogP contribution is -2.45. The maximum absolute atomic E-state index is 8.99. The largest absolute Gasteiger partial charge is 0.257 e. The van der Waals surface area contributed by atoms with Crippen LogP contribution >= 0.6 is 0 Å². The zero-order chi connectivity index (χ0) is 17.9. The first-order chi connectivity index (χ1) is 12.8. The second kappa shape index (κ2) is 6.57. The van der Waals surface area contributed by atoms with E-state index >= 15 is 0 Å². The van der Waals surface area contributed by atoms with Crippen LogP contribution in [0.5, 0.6) is 0 Å². The summed E-state index contributed by atoms with van der Waals surface area (Å²) in [5.41, 5.74) is 6.86. The number of amidine groups is 1. The van der Waals surface area contributed by atoms with Crippen molar-refractivity contribution in [2.24, 2.45) is 5.10 Å². The van der Waals surface area contributed by atoms with Crippen LogP contribution in [0.25, 0.3) is 0 Å². The van der Waals surface area contributed by atoms with Gasteiger partial charge in [-0.05, 0) is 55.0 Å². The van der Waals surface area contributed by atoms with Gasteiger partial charge in [0.25, 0.3) is 0 Å². The van der Waals surface area contributed by atoms with Gasteiger partial charge in [0.15, 0.2) is 11.7 Å². The number of nitriles is 1. The molecule has 4 rings (SSSR count). The first kappa shape index (κ1) is 15.7. The molecular weight excluding hydrogens is 324 g/mol. The van der Waals surface area contributed by atoms with Crippen LogP contribution in [0.2, 0.25) is 0 Å². The van der Waals surface area contributed by atoms with E-state index in [0.717, 1.165) is 22.6 Å². The van der Waals surface area contributed by atoms with Crippen LogP contribution < -0.4 is 15.7 Å². The molecule has 0 radical (unpaired) electrons. The Labute approximate surface area is 151 Å². The van der Waals surface area contributed by atoms with Crippen LogP contribution in [0.4, 0.5) is 11.5 Å². The van der Waals surface area contributed by atoms with Crippen molar-refractivity contribution in [3.05, 3.63) is 89.6 Å². The molecule has 0 bridgehead atoms. The van der Waals surface area contributed by atoms with E-state index in [0.29, 0.717) is 11.4 Å². The van der Waals surface area contributed by atoms with E-state index in [2.05, 4.69) is 16.5 Å². The molecule has 3 aromatic rings. The Bertz CT molecular complexity index is 989. The number of nitrogens with zero attached hydrogens (tertiary/aromatic N) is 5. The molecule has 0 amide bonds. The Morgan fingerprint density at radius 3 is 2.42 bits per heavy atom. The molecule has 0 aliphatic carbocycles. The molecule has 0 unspecified atom stereocenters.